The summed E-state index contributed by atoms with van der Waals surface area (Å²) in [4.78, 5) is 15.4. The molecule has 0 amide bonds. The maximum atomic E-state index is 12.4. The highest BCUT2D eigenvalue weighted by Gasteiger charge is 2.33. The number of rotatable bonds is 1. The van der Waals surface area contributed by atoms with Crippen LogP contribution in [0, 0.1) is 18.3 Å². The quantitative estimate of drug-likeness (QED) is 0.841. The van der Waals surface area contributed by atoms with Crippen molar-refractivity contribution in [2.75, 3.05) is 13.1 Å². The number of aryl methyl sites for hydroxylation is 1. The first-order chi connectivity index (χ1) is 8.81. The summed E-state index contributed by atoms with van der Waals surface area (Å²) in [5, 5.41) is 8.95. The average Bonchev–Trinajstić information content (AvgIpc) is 2.28. The number of nitrogens with one attached hydrogen (secondary N) is 1. The van der Waals surface area contributed by atoms with Gasteiger partial charge in [0.05, 0.1) is 6.54 Å². The Morgan fingerprint density at radius 2 is 2.11 bits per heavy atom. The third kappa shape index (κ3) is 2.79. The van der Waals surface area contributed by atoms with Gasteiger partial charge in [0.1, 0.15) is 11.6 Å². The number of aromatic nitrogens is 1. The van der Waals surface area contributed by atoms with E-state index < -0.39 is 18.3 Å². The highest BCUT2D eigenvalue weighted by molar-refractivity contribution is 5.44. The molecule has 0 atom stereocenters. The zero-order valence-corrected chi connectivity index (χ0v) is 10.3. The molecule has 2 rings (SSSR count). The number of hydrogen-bond donors (Lipinski definition) is 1. The second-order valence-corrected chi connectivity index (χ2v) is 4.60. The van der Waals surface area contributed by atoms with E-state index in [9.17, 15) is 18.0 Å². The van der Waals surface area contributed by atoms with Crippen molar-refractivity contribution >= 4 is 0 Å². The van der Waals surface area contributed by atoms with Crippen LogP contribution in [0.3, 0.4) is 0 Å². The SMILES string of the molecule is Cc1[nH]c(=O)c(C#N)c2c1CN(CC(F)(F)F)CC2. The minimum Gasteiger partial charge on any atom is -0.325 e. The number of aromatic amines is 1. The van der Waals surface area contributed by atoms with E-state index >= 15 is 0 Å². The van der Waals surface area contributed by atoms with Gasteiger partial charge < -0.3 is 4.98 Å². The Labute approximate surface area is 107 Å². The maximum absolute atomic E-state index is 12.4. The van der Waals surface area contributed by atoms with Crippen molar-refractivity contribution in [2.24, 2.45) is 0 Å². The van der Waals surface area contributed by atoms with Gasteiger partial charge in [-0.05, 0) is 24.5 Å². The fraction of sp³-hybridized carbons (Fsp3) is 0.500. The normalized spacial score (nSPS) is 15.9. The number of hydrogen-bond acceptors (Lipinski definition) is 3. The Morgan fingerprint density at radius 1 is 1.42 bits per heavy atom. The van der Waals surface area contributed by atoms with Crippen LogP contribution in [0.1, 0.15) is 22.4 Å². The molecule has 1 aliphatic rings. The second kappa shape index (κ2) is 4.70. The highest BCUT2D eigenvalue weighted by atomic mass is 19.4. The summed E-state index contributed by atoms with van der Waals surface area (Å²) in [6.07, 6.45) is -3.95. The molecule has 7 heteroatoms. The Bertz CT molecular complexity index is 598. The van der Waals surface area contributed by atoms with Crippen molar-refractivity contribution in [3.05, 3.63) is 32.7 Å². The minimum atomic E-state index is -4.24. The van der Waals surface area contributed by atoms with Gasteiger partial charge in [0.2, 0.25) is 0 Å². The third-order valence-electron chi connectivity index (χ3n) is 3.22. The number of nitriles is 1. The summed E-state index contributed by atoms with van der Waals surface area (Å²) in [5.41, 5.74) is 1.30. The average molecular weight is 271 g/mol. The lowest BCUT2D eigenvalue weighted by Gasteiger charge is -2.30. The van der Waals surface area contributed by atoms with E-state index in [0.29, 0.717) is 23.2 Å². The Kier molecular flexibility index (Phi) is 3.37. The minimum absolute atomic E-state index is 0.0206. The van der Waals surface area contributed by atoms with Gasteiger partial charge >= 0.3 is 6.18 Å². The molecule has 0 saturated heterocycles. The molecular weight excluding hydrogens is 259 g/mol. The molecule has 0 unspecified atom stereocenters. The van der Waals surface area contributed by atoms with E-state index in [0.717, 1.165) is 0 Å². The fourth-order valence-electron chi connectivity index (χ4n) is 2.39. The smallest absolute Gasteiger partial charge is 0.325 e. The first-order valence-corrected chi connectivity index (χ1v) is 5.75. The van der Waals surface area contributed by atoms with Crippen LogP contribution < -0.4 is 5.56 Å². The monoisotopic (exact) mass is 271 g/mol. The zero-order valence-electron chi connectivity index (χ0n) is 10.3. The second-order valence-electron chi connectivity index (χ2n) is 4.60. The lowest BCUT2D eigenvalue weighted by molar-refractivity contribution is -0.147. The lowest BCUT2D eigenvalue weighted by Crippen LogP contribution is -2.39. The van der Waals surface area contributed by atoms with Crippen molar-refractivity contribution in [1.29, 1.82) is 5.26 Å². The topological polar surface area (TPSA) is 59.9 Å². The molecule has 0 radical (unpaired) electrons. The number of H-pyrrole nitrogens is 1. The Hall–Kier alpha value is -1.81. The molecule has 0 fully saturated rings. The number of alkyl halides is 3. The van der Waals surface area contributed by atoms with Crippen LogP contribution in [-0.2, 0) is 13.0 Å². The van der Waals surface area contributed by atoms with Crippen LogP contribution in [-0.4, -0.2) is 29.1 Å². The van der Waals surface area contributed by atoms with E-state index in [1.807, 2.05) is 6.07 Å². The molecule has 0 aromatic carbocycles. The fourth-order valence-corrected chi connectivity index (χ4v) is 2.39. The molecule has 1 N–H and O–H groups in total. The van der Waals surface area contributed by atoms with Crippen LogP contribution in [0.25, 0.3) is 0 Å². The van der Waals surface area contributed by atoms with Gasteiger partial charge in [-0.3, -0.25) is 9.69 Å². The zero-order chi connectivity index (χ0) is 14.2. The van der Waals surface area contributed by atoms with Gasteiger partial charge in [0, 0.05) is 18.8 Å². The Balaban J connectivity index is 2.37. The molecule has 1 aromatic heterocycles. The molecule has 1 aliphatic heterocycles. The molecule has 1 aromatic rings. The van der Waals surface area contributed by atoms with Gasteiger partial charge in [-0.2, -0.15) is 18.4 Å². The largest absolute Gasteiger partial charge is 0.401 e. The van der Waals surface area contributed by atoms with Crippen molar-refractivity contribution < 1.29 is 13.2 Å². The lowest BCUT2D eigenvalue weighted by atomic mass is 9.95. The van der Waals surface area contributed by atoms with Crippen molar-refractivity contribution in [1.82, 2.24) is 9.88 Å². The molecule has 102 valence electrons. The summed E-state index contributed by atoms with van der Waals surface area (Å²) in [7, 11) is 0. The van der Waals surface area contributed by atoms with Gasteiger partial charge in [-0.1, -0.05) is 0 Å². The van der Waals surface area contributed by atoms with E-state index in [-0.39, 0.29) is 18.7 Å². The molecule has 0 spiro atoms. The molecule has 19 heavy (non-hydrogen) atoms. The standard InChI is InChI=1S/C12H12F3N3O/c1-7-10-5-18(6-12(13,14)15)3-2-8(10)9(4-16)11(19)17-7/h2-3,5-6H2,1H3,(H,17,19). The number of halogens is 3. The summed E-state index contributed by atoms with van der Waals surface area (Å²) in [5.74, 6) is 0. The number of nitrogens with zero attached hydrogens (tertiary/aromatic N) is 2. The molecule has 0 saturated carbocycles. The van der Waals surface area contributed by atoms with Gasteiger partial charge in [-0.15, -0.1) is 0 Å². The van der Waals surface area contributed by atoms with E-state index in [2.05, 4.69) is 4.98 Å². The number of fused-ring (bicyclic) bond motifs is 1. The van der Waals surface area contributed by atoms with Crippen LogP contribution >= 0.6 is 0 Å². The first kappa shape index (κ1) is 13.6. The van der Waals surface area contributed by atoms with E-state index in [1.165, 1.54) is 4.90 Å². The van der Waals surface area contributed by atoms with Gasteiger partial charge in [0.25, 0.3) is 5.56 Å². The molecule has 0 aliphatic carbocycles. The predicted molar refractivity (Wildman–Crippen MR) is 61.6 cm³/mol. The molecule has 2 heterocycles. The first-order valence-electron chi connectivity index (χ1n) is 5.75. The third-order valence-corrected chi connectivity index (χ3v) is 3.22. The van der Waals surface area contributed by atoms with Crippen LogP contribution in [0.5, 0.6) is 0 Å². The van der Waals surface area contributed by atoms with Gasteiger partial charge in [0.15, 0.2) is 0 Å². The summed E-state index contributed by atoms with van der Waals surface area (Å²) in [6, 6.07) is 1.83. The summed E-state index contributed by atoms with van der Waals surface area (Å²) in [6.45, 7) is 0.960. The van der Waals surface area contributed by atoms with E-state index in [4.69, 9.17) is 5.26 Å². The number of pyridine rings is 1. The maximum Gasteiger partial charge on any atom is 0.401 e. The molecule has 0 bridgehead atoms. The van der Waals surface area contributed by atoms with Crippen molar-refractivity contribution in [2.45, 2.75) is 26.1 Å². The van der Waals surface area contributed by atoms with Crippen molar-refractivity contribution in [3.8, 4) is 6.07 Å². The summed E-state index contributed by atoms with van der Waals surface area (Å²) >= 11 is 0. The molecular formula is C12H12F3N3O. The van der Waals surface area contributed by atoms with Crippen LogP contribution in [0.4, 0.5) is 13.2 Å². The Morgan fingerprint density at radius 3 is 2.68 bits per heavy atom. The van der Waals surface area contributed by atoms with Crippen LogP contribution in [0.2, 0.25) is 0 Å². The van der Waals surface area contributed by atoms with Crippen LogP contribution in [0.15, 0.2) is 4.79 Å². The van der Waals surface area contributed by atoms with E-state index in [1.54, 1.807) is 6.92 Å². The summed E-state index contributed by atoms with van der Waals surface area (Å²) < 4.78 is 37.1. The van der Waals surface area contributed by atoms with Gasteiger partial charge in [-0.25, -0.2) is 0 Å². The predicted octanol–water partition coefficient (Wildman–Crippen LogP) is 1.48. The van der Waals surface area contributed by atoms with Crippen molar-refractivity contribution in [3.63, 3.8) is 0 Å². The highest BCUT2D eigenvalue weighted by Crippen LogP contribution is 2.25. The molecule has 4 nitrogen and oxygen atoms in total.